The van der Waals surface area contributed by atoms with Crippen molar-refractivity contribution in [1.82, 2.24) is 15.5 Å². The second-order valence-corrected chi connectivity index (χ2v) is 7.11. The molecule has 1 atom stereocenters. The van der Waals surface area contributed by atoms with Gasteiger partial charge in [0.25, 0.3) is 0 Å². The van der Waals surface area contributed by atoms with Gasteiger partial charge in [0.15, 0.2) is 5.96 Å². The topological polar surface area (TPSA) is 48.9 Å². The van der Waals surface area contributed by atoms with Crippen LogP contribution in [0, 0.1) is 6.92 Å². The molecule has 1 aromatic rings. The first-order valence-corrected chi connectivity index (χ1v) is 9.89. The standard InChI is InChI=1S/C20H31F3N4O/c1-3-24-19(26-17-10-12-27(14-17)15-20(21,22)23)25-11-4-5-13-28-18-8-6-16(2)7-9-18/h6-9,17H,3-5,10-15H2,1-2H3,(H2,24,25,26). The second-order valence-electron chi connectivity index (χ2n) is 7.11. The van der Waals surface area contributed by atoms with Gasteiger partial charge in [-0.25, -0.2) is 0 Å². The maximum Gasteiger partial charge on any atom is 0.401 e. The number of aryl methyl sites for hydroxylation is 1. The molecule has 0 radical (unpaired) electrons. The number of nitrogens with one attached hydrogen (secondary N) is 2. The van der Waals surface area contributed by atoms with Gasteiger partial charge in [-0.3, -0.25) is 9.89 Å². The van der Waals surface area contributed by atoms with Crippen molar-refractivity contribution in [2.75, 3.05) is 39.3 Å². The minimum Gasteiger partial charge on any atom is -0.494 e. The quantitative estimate of drug-likeness (QED) is 0.379. The summed E-state index contributed by atoms with van der Waals surface area (Å²) >= 11 is 0. The number of hydrogen-bond acceptors (Lipinski definition) is 3. The number of halogens is 3. The van der Waals surface area contributed by atoms with E-state index in [0.717, 1.165) is 18.6 Å². The highest BCUT2D eigenvalue weighted by atomic mass is 19.4. The number of likely N-dealkylation sites (tertiary alicyclic amines) is 1. The third-order valence-corrected chi connectivity index (χ3v) is 4.47. The summed E-state index contributed by atoms with van der Waals surface area (Å²) in [5.41, 5.74) is 1.20. The Morgan fingerprint density at radius 3 is 2.68 bits per heavy atom. The minimum absolute atomic E-state index is 0.00924. The number of nitrogens with zero attached hydrogens (tertiary/aromatic N) is 2. The van der Waals surface area contributed by atoms with Crippen LogP contribution >= 0.6 is 0 Å². The average molecular weight is 400 g/mol. The molecule has 1 saturated heterocycles. The third-order valence-electron chi connectivity index (χ3n) is 4.47. The third kappa shape index (κ3) is 8.82. The van der Waals surface area contributed by atoms with Gasteiger partial charge in [0.1, 0.15) is 5.75 Å². The van der Waals surface area contributed by atoms with Crippen molar-refractivity contribution in [2.24, 2.45) is 4.99 Å². The fraction of sp³-hybridized carbons (Fsp3) is 0.650. The summed E-state index contributed by atoms with van der Waals surface area (Å²) in [4.78, 5) is 5.97. The van der Waals surface area contributed by atoms with E-state index in [1.807, 2.05) is 38.1 Å². The fourth-order valence-electron chi connectivity index (χ4n) is 3.09. The predicted octanol–water partition coefficient (Wildman–Crippen LogP) is 3.35. The van der Waals surface area contributed by atoms with E-state index in [2.05, 4.69) is 15.6 Å². The van der Waals surface area contributed by atoms with Gasteiger partial charge in [-0.2, -0.15) is 13.2 Å². The molecule has 2 N–H and O–H groups in total. The highest BCUT2D eigenvalue weighted by Crippen LogP contribution is 2.20. The molecule has 0 saturated carbocycles. The Hall–Kier alpha value is -1.96. The van der Waals surface area contributed by atoms with E-state index < -0.39 is 12.7 Å². The first-order chi connectivity index (χ1) is 13.4. The van der Waals surface area contributed by atoms with E-state index >= 15 is 0 Å². The SMILES string of the molecule is CCNC(=NCCCCOc1ccc(C)cc1)NC1CCN(CC(F)(F)F)C1. The van der Waals surface area contributed by atoms with Crippen molar-refractivity contribution in [3.05, 3.63) is 29.8 Å². The number of alkyl halides is 3. The van der Waals surface area contributed by atoms with Crippen LogP contribution in [0.5, 0.6) is 5.75 Å². The van der Waals surface area contributed by atoms with Crippen LogP contribution in [0.3, 0.4) is 0 Å². The first-order valence-electron chi connectivity index (χ1n) is 9.89. The molecule has 1 aliphatic heterocycles. The van der Waals surface area contributed by atoms with Crippen LogP contribution in [0.15, 0.2) is 29.3 Å². The van der Waals surface area contributed by atoms with Gasteiger partial charge in [0.2, 0.25) is 0 Å². The zero-order chi connectivity index (χ0) is 20.4. The molecule has 0 spiro atoms. The largest absolute Gasteiger partial charge is 0.494 e. The molecule has 28 heavy (non-hydrogen) atoms. The highest BCUT2D eigenvalue weighted by molar-refractivity contribution is 5.80. The van der Waals surface area contributed by atoms with Gasteiger partial charge in [0.05, 0.1) is 13.2 Å². The Morgan fingerprint density at radius 1 is 1.25 bits per heavy atom. The maximum absolute atomic E-state index is 12.5. The van der Waals surface area contributed by atoms with Crippen LogP contribution in [-0.4, -0.2) is 62.4 Å². The maximum atomic E-state index is 12.5. The fourth-order valence-corrected chi connectivity index (χ4v) is 3.09. The van der Waals surface area contributed by atoms with Crippen molar-refractivity contribution in [1.29, 1.82) is 0 Å². The number of guanidine groups is 1. The van der Waals surface area contributed by atoms with Gasteiger partial charge >= 0.3 is 6.18 Å². The molecule has 2 rings (SSSR count). The van der Waals surface area contributed by atoms with Crippen LogP contribution in [0.1, 0.15) is 31.7 Å². The summed E-state index contributed by atoms with van der Waals surface area (Å²) in [5.74, 6) is 1.54. The molecular formula is C20H31F3N4O. The zero-order valence-electron chi connectivity index (χ0n) is 16.7. The molecule has 1 heterocycles. The Labute approximate surface area is 165 Å². The summed E-state index contributed by atoms with van der Waals surface area (Å²) in [6.45, 7) is 5.99. The number of rotatable bonds is 9. The molecule has 5 nitrogen and oxygen atoms in total. The molecule has 1 fully saturated rings. The number of aliphatic imine (C=N–C) groups is 1. The smallest absolute Gasteiger partial charge is 0.401 e. The Balaban J connectivity index is 1.66. The molecule has 1 aliphatic rings. The van der Waals surface area contributed by atoms with E-state index in [0.29, 0.717) is 45.2 Å². The summed E-state index contributed by atoms with van der Waals surface area (Å²) in [5, 5.41) is 6.41. The average Bonchev–Trinajstić information content (AvgIpc) is 3.04. The molecule has 0 aliphatic carbocycles. The Morgan fingerprint density at radius 2 is 2.00 bits per heavy atom. The van der Waals surface area contributed by atoms with E-state index in [1.54, 1.807) is 0 Å². The van der Waals surface area contributed by atoms with E-state index in [1.165, 1.54) is 10.5 Å². The Kier molecular flexibility index (Phi) is 8.89. The van der Waals surface area contributed by atoms with Crippen LogP contribution < -0.4 is 15.4 Å². The summed E-state index contributed by atoms with van der Waals surface area (Å²) in [7, 11) is 0. The van der Waals surface area contributed by atoms with Gasteiger partial charge in [-0.1, -0.05) is 17.7 Å². The van der Waals surface area contributed by atoms with Crippen LogP contribution in [0.25, 0.3) is 0 Å². The number of unbranched alkanes of at least 4 members (excludes halogenated alkanes) is 1. The molecule has 0 aromatic heterocycles. The lowest BCUT2D eigenvalue weighted by atomic mass is 10.2. The highest BCUT2D eigenvalue weighted by Gasteiger charge is 2.34. The number of hydrogen-bond donors (Lipinski definition) is 2. The van der Waals surface area contributed by atoms with Crippen molar-refractivity contribution < 1.29 is 17.9 Å². The summed E-state index contributed by atoms with van der Waals surface area (Å²) < 4.78 is 43.2. The lowest BCUT2D eigenvalue weighted by molar-refractivity contribution is -0.143. The normalized spacial score (nSPS) is 18.3. The van der Waals surface area contributed by atoms with Gasteiger partial charge in [-0.15, -0.1) is 0 Å². The van der Waals surface area contributed by atoms with E-state index in [9.17, 15) is 13.2 Å². The molecule has 8 heteroatoms. The summed E-state index contributed by atoms with van der Waals surface area (Å²) in [6.07, 6.45) is -1.69. The first kappa shape index (κ1) is 22.3. The van der Waals surface area contributed by atoms with Crippen molar-refractivity contribution in [2.45, 2.75) is 45.3 Å². The molecule has 0 bridgehead atoms. The van der Waals surface area contributed by atoms with Crippen LogP contribution in [-0.2, 0) is 0 Å². The number of ether oxygens (including phenoxy) is 1. The van der Waals surface area contributed by atoms with Gasteiger partial charge < -0.3 is 15.4 Å². The van der Waals surface area contributed by atoms with Gasteiger partial charge in [0, 0.05) is 32.2 Å². The zero-order valence-corrected chi connectivity index (χ0v) is 16.7. The minimum atomic E-state index is -4.14. The molecule has 0 amide bonds. The van der Waals surface area contributed by atoms with E-state index in [4.69, 9.17) is 4.74 Å². The monoisotopic (exact) mass is 400 g/mol. The lowest BCUT2D eigenvalue weighted by Gasteiger charge is -2.19. The molecule has 1 unspecified atom stereocenters. The summed E-state index contributed by atoms with van der Waals surface area (Å²) in [6, 6.07) is 7.96. The number of benzene rings is 1. The second kappa shape index (κ2) is 11.1. The predicted molar refractivity (Wildman–Crippen MR) is 106 cm³/mol. The van der Waals surface area contributed by atoms with Crippen LogP contribution in [0.4, 0.5) is 13.2 Å². The Bertz CT molecular complexity index is 604. The lowest BCUT2D eigenvalue weighted by Crippen LogP contribution is -2.45. The van der Waals surface area contributed by atoms with E-state index in [-0.39, 0.29) is 6.04 Å². The molecule has 158 valence electrons. The molecule has 1 aromatic carbocycles. The van der Waals surface area contributed by atoms with Crippen LogP contribution in [0.2, 0.25) is 0 Å². The van der Waals surface area contributed by atoms with Crippen molar-refractivity contribution in [3.63, 3.8) is 0 Å². The molecular weight excluding hydrogens is 369 g/mol. The van der Waals surface area contributed by atoms with Crippen molar-refractivity contribution >= 4 is 5.96 Å². The van der Waals surface area contributed by atoms with Crippen molar-refractivity contribution in [3.8, 4) is 5.75 Å². The van der Waals surface area contributed by atoms with Gasteiger partial charge in [-0.05, 0) is 45.2 Å².